The van der Waals surface area contributed by atoms with Crippen LogP contribution in [-0.2, 0) is 22.4 Å². The van der Waals surface area contributed by atoms with Crippen LogP contribution in [0.25, 0.3) is 0 Å². The third-order valence-electron chi connectivity index (χ3n) is 4.30. The molecular weight excluding hydrogens is 405 g/mol. The number of hydrogen-bond donors (Lipinski definition) is 2. The lowest BCUT2D eigenvalue weighted by molar-refractivity contribution is -0.274. The molecule has 1 atom stereocenters. The summed E-state index contributed by atoms with van der Waals surface area (Å²) in [6.45, 7) is 0.271. The minimum absolute atomic E-state index is 0.0260. The number of carbonyl (C=O) groups is 2. The Bertz CT molecular complexity index is 916. The minimum Gasteiger partial charge on any atom is -0.496 e. The van der Waals surface area contributed by atoms with Gasteiger partial charge in [-0.15, -0.1) is 13.2 Å². The Kier molecular flexibility index (Phi) is 6.34. The predicted octanol–water partition coefficient (Wildman–Crippen LogP) is 3.43. The molecule has 0 bridgehead atoms. The summed E-state index contributed by atoms with van der Waals surface area (Å²) in [6, 6.07) is 10.1. The molecule has 30 heavy (non-hydrogen) atoms. The quantitative estimate of drug-likeness (QED) is 0.712. The molecule has 0 radical (unpaired) electrons. The molecule has 0 unspecified atom stereocenters. The van der Waals surface area contributed by atoms with Crippen LogP contribution in [0.1, 0.15) is 11.1 Å². The van der Waals surface area contributed by atoms with Crippen molar-refractivity contribution in [3.63, 3.8) is 0 Å². The lowest BCUT2D eigenvalue weighted by Crippen LogP contribution is -2.28. The summed E-state index contributed by atoms with van der Waals surface area (Å²) in [4.78, 5) is 23.4. The Balaban J connectivity index is 1.58. The number of carbonyl (C=O) groups excluding carboxylic acids is 2. The van der Waals surface area contributed by atoms with Gasteiger partial charge in [-0.25, -0.2) is 4.79 Å². The predicted molar refractivity (Wildman–Crippen MR) is 100 cm³/mol. The second-order valence-electron chi connectivity index (χ2n) is 6.59. The summed E-state index contributed by atoms with van der Waals surface area (Å²) < 4.78 is 50.6. The summed E-state index contributed by atoms with van der Waals surface area (Å²) in [7, 11) is 1.50. The first-order chi connectivity index (χ1) is 14.2. The Morgan fingerprint density at radius 1 is 1.23 bits per heavy atom. The molecule has 0 aromatic heterocycles. The van der Waals surface area contributed by atoms with Gasteiger partial charge in [-0.2, -0.15) is 0 Å². The highest BCUT2D eigenvalue weighted by Gasteiger charge is 2.31. The zero-order chi connectivity index (χ0) is 21.7. The van der Waals surface area contributed by atoms with Crippen molar-refractivity contribution < 1.29 is 37.0 Å². The molecule has 2 aromatic rings. The number of rotatable bonds is 7. The maximum atomic E-state index is 12.3. The summed E-state index contributed by atoms with van der Waals surface area (Å²) in [5.41, 5.74) is 1.87. The van der Waals surface area contributed by atoms with Crippen molar-refractivity contribution in [1.29, 1.82) is 0 Å². The van der Waals surface area contributed by atoms with Crippen molar-refractivity contribution in [3.8, 4) is 11.5 Å². The zero-order valence-corrected chi connectivity index (χ0v) is 15.9. The number of cyclic esters (lactones) is 1. The molecule has 0 aliphatic carbocycles. The van der Waals surface area contributed by atoms with E-state index in [1.165, 1.54) is 19.2 Å². The Hall–Kier alpha value is -3.43. The van der Waals surface area contributed by atoms with E-state index < -0.39 is 12.5 Å². The van der Waals surface area contributed by atoms with Gasteiger partial charge in [0.1, 0.15) is 18.1 Å². The van der Waals surface area contributed by atoms with E-state index in [9.17, 15) is 22.8 Å². The highest BCUT2D eigenvalue weighted by molar-refractivity contribution is 5.92. The minimum atomic E-state index is -4.76. The maximum absolute atomic E-state index is 12.3. The van der Waals surface area contributed by atoms with Crippen molar-refractivity contribution >= 4 is 17.7 Å². The number of halogens is 3. The van der Waals surface area contributed by atoms with Crippen LogP contribution in [0.3, 0.4) is 0 Å². The van der Waals surface area contributed by atoms with E-state index in [-0.39, 0.29) is 30.7 Å². The van der Waals surface area contributed by atoms with Crippen LogP contribution in [0, 0.1) is 0 Å². The molecular formula is C20H19F3N2O5. The van der Waals surface area contributed by atoms with E-state index in [2.05, 4.69) is 15.4 Å². The SMILES string of the molecule is COc1cc(NC(=O)Cc2ccc(OC(F)(F)F)cc2)ccc1C[C@H]1COC(=O)N1. The molecule has 7 nitrogen and oxygen atoms in total. The molecule has 2 amide bonds. The number of benzene rings is 2. The molecule has 10 heteroatoms. The van der Waals surface area contributed by atoms with Gasteiger partial charge in [0.2, 0.25) is 5.91 Å². The van der Waals surface area contributed by atoms with Gasteiger partial charge in [0.15, 0.2) is 0 Å². The van der Waals surface area contributed by atoms with Crippen LogP contribution in [0.15, 0.2) is 42.5 Å². The smallest absolute Gasteiger partial charge is 0.496 e. The topological polar surface area (TPSA) is 85.9 Å². The number of amides is 2. The van der Waals surface area contributed by atoms with Crippen molar-refractivity contribution in [2.75, 3.05) is 19.0 Å². The van der Waals surface area contributed by atoms with Crippen molar-refractivity contribution in [2.45, 2.75) is 25.2 Å². The number of alkyl halides is 3. The van der Waals surface area contributed by atoms with Crippen LogP contribution < -0.4 is 20.1 Å². The Morgan fingerprint density at radius 2 is 1.97 bits per heavy atom. The summed E-state index contributed by atoms with van der Waals surface area (Å²) in [5, 5.41) is 5.41. The number of ether oxygens (including phenoxy) is 3. The van der Waals surface area contributed by atoms with Crippen molar-refractivity contribution in [3.05, 3.63) is 53.6 Å². The van der Waals surface area contributed by atoms with Gasteiger partial charge in [-0.1, -0.05) is 18.2 Å². The summed E-state index contributed by atoms with van der Waals surface area (Å²) in [5.74, 6) is -0.149. The van der Waals surface area contributed by atoms with Crippen LogP contribution in [-0.4, -0.2) is 38.1 Å². The molecule has 1 aliphatic rings. The number of hydrogen-bond acceptors (Lipinski definition) is 5. The van der Waals surface area contributed by atoms with Gasteiger partial charge < -0.3 is 24.8 Å². The third-order valence-corrected chi connectivity index (χ3v) is 4.30. The van der Waals surface area contributed by atoms with E-state index >= 15 is 0 Å². The highest BCUT2D eigenvalue weighted by Crippen LogP contribution is 2.26. The third kappa shape index (κ3) is 6.03. The van der Waals surface area contributed by atoms with Crippen LogP contribution in [0.4, 0.5) is 23.7 Å². The largest absolute Gasteiger partial charge is 0.573 e. The zero-order valence-electron chi connectivity index (χ0n) is 15.9. The molecule has 2 N–H and O–H groups in total. The Labute approximate surface area is 170 Å². The fourth-order valence-corrected chi connectivity index (χ4v) is 2.99. The molecule has 2 aromatic carbocycles. The van der Waals surface area contributed by atoms with E-state index in [0.717, 1.165) is 17.7 Å². The first kappa shape index (κ1) is 21.3. The molecule has 3 rings (SSSR count). The average Bonchev–Trinajstić information content (AvgIpc) is 3.08. The summed E-state index contributed by atoms with van der Waals surface area (Å²) in [6.07, 6.45) is -4.74. The molecule has 160 valence electrons. The van der Waals surface area contributed by atoms with Crippen LogP contribution in [0.5, 0.6) is 11.5 Å². The summed E-state index contributed by atoms with van der Waals surface area (Å²) >= 11 is 0. The maximum Gasteiger partial charge on any atom is 0.573 e. The van der Waals surface area contributed by atoms with E-state index in [1.54, 1.807) is 18.2 Å². The van der Waals surface area contributed by atoms with Crippen LogP contribution in [0.2, 0.25) is 0 Å². The van der Waals surface area contributed by atoms with Gasteiger partial charge >= 0.3 is 12.5 Å². The first-order valence-electron chi connectivity index (χ1n) is 8.96. The van der Waals surface area contributed by atoms with Crippen molar-refractivity contribution in [2.24, 2.45) is 0 Å². The molecule has 1 aliphatic heterocycles. The molecule has 0 spiro atoms. The molecule has 1 heterocycles. The van der Waals surface area contributed by atoms with E-state index in [1.807, 2.05) is 0 Å². The first-order valence-corrected chi connectivity index (χ1v) is 8.96. The lowest BCUT2D eigenvalue weighted by atomic mass is 10.0. The van der Waals surface area contributed by atoms with E-state index in [0.29, 0.717) is 23.4 Å². The van der Waals surface area contributed by atoms with Gasteiger partial charge in [0, 0.05) is 11.8 Å². The lowest BCUT2D eigenvalue weighted by Gasteiger charge is -2.14. The standard InChI is InChI=1S/C20H19F3N2O5/c1-28-17-10-14(5-4-13(17)9-15-11-29-19(27)25-15)24-18(26)8-12-2-6-16(7-3-12)30-20(21,22)23/h2-7,10,15H,8-9,11H2,1H3,(H,24,26)(H,25,27)/t15-/m0/s1. The normalized spacial score (nSPS) is 15.9. The van der Waals surface area contributed by atoms with Gasteiger partial charge in [-0.3, -0.25) is 4.79 Å². The monoisotopic (exact) mass is 424 g/mol. The Morgan fingerprint density at radius 3 is 2.57 bits per heavy atom. The second kappa shape index (κ2) is 8.93. The van der Waals surface area contributed by atoms with Gasteiger partial charge in [0.25, 0.3) is 0 Å². The average molecular weight is 424 g/mol. The molecule has 1 saturated heterocycles. The number of methoxy groups -OCH3 is 1. The van der Waals surface area contributed by atoms with Gasteiger partial charge in [0.05, 0.1) is 19.6 Å². The van der Waals surface area contributed by atoms with Gasteiger partial charge in [-0.05, 0) is 35.7 Å². The number of alkyl carbamates (subject to hydrolysis) is 1. The second-order valence-corrected chi connectivity index (χ2v) is 6.59. The molecule has 0 saturated carbocycles. The highest BCUT2D eigenvalue weighted by atomic mass is 19.4. The number of nitrogens with one attached hydrogen (secondary N) is 2. The fourth-order valence-electron chi connectivity index (χ4n) is 2.99. The van der Waals surface area contributed by atoms with Crippen molar-refractivity contribution in [1.82, 2.24) is 5.32 Å². The molecule has 1 fully saturated rings. The van der Waals surface area contributed by atoms with E-state index in [4.69, 9.17) is 9.47 Å². The van der Waals surface area contributed by atoms with Crippen LogP contribution >= 0.6 is 0 Å². The number of anilines is 1. The fraction of sp³-hybridized carbons (Fsp3) is 0.300.